The lowest BCUT2D eigenvalue weighted by Crippen LogP contribution is -2.17. The van der Waals surface area contributed by atoms with E-state index in [1.807, 2.05) is 37.4 Å². The number of nitrogens with zero attached hydrogens (tertiary/aromatic N) is 1. The zero-order chi connectivity index (χ0) is 15.4. The van der Waals surface area contributed by atoms with E-state index >= 15 is 0 Å². The summed E-state index contributed by atoms with van der Waals surface area (Å²) in [6.45, 7) is 2.57. The van der Waals surface area contributed by atoms with Crippen LogP contribution in [0, 0.1) is 0 Å². The zero-order valence-electron chi connectivity index (χ0n) is 12.5. The van der Waals surface area contributed by atoms with Gasteiger partial charge in [0.25, 0.3) is 0 Å². The van der Waals surface area contributed by atoms with Gasteiger partial charge in [0.15, 0.2) is 0 Å². The van der Waals surface area contributed by atoms with Crippen LogP contribution < -0.4 is 9.64 Å². The van der Waals surface area contributed by atoms with Crippen molar-refractivity contribution in [3.8, 4) is 5.75 Å². The molecule has 0 fully saturated rings. The van der Waals surface area contributed by atoms with Gasteiger partial charge in [0.05, 0.1) is 18.9 Å². The highest BCUT2D eigenvalue weighted by molar-refractivity contribution is 9.10. The van der Waals surface area contributed by atoms with E-state index in [-0.39, 0.29) is 0 Å². The minimum absolute atomic E-state index is 0.456. The second-order valence-electron chi connectivity index (χ2n) is 5.09. The molecule has 0 heterocycles. The third-order valence-corrected chi connectivity index (χ3v) is 4.08. The van der Waals surface area contributed by atoms with Gasteiger partial charge in [0.2, 0.25) is 0 Å². The van der Waals surface area contributed by atoms with E-state index in [4.69, 9.17) is 4.74 Å². The van der Waals surface area contributed by atoms with Crippen molar-refractivity contribution in [2.75, 3.05) is 19.1 Å². The van der Waals surface area contributed by atoms with Crippen molar-refractivity contribution in [3.63, 3.8) is 0 Å². The Kier molecular flexibility index (Phi) is 5.26. The lowest BCUT2D eigenvalue weighted by atomic mass is 10.1. The van der Waals surface area contributed by atoms with Crippen LogP contribution in [0.15, 0.2) is 46.9 Å². The molecule has 0 bridgehead atoms. The molecule has 1 N–H and O–H groups in total. The van der Waals surface area contributed by atoms with Crippen LogP contribution in [0.5, 0.6) is 5.75 Å². The van der Waals surface area contributed by atoms with Crippen molar-refractivity contribution >= 4 is 21.6 Å². The summed E-state index contributed by atoms with van der Waals surface area (Å²) < 4.78 is 6.15. The van der Waals surface area contributed by atoms with E-state index in [0.29, 0.717) is 0 Å². The maximum Gasteiger partial charge on any atom is 0.118 e. The maximum atomic E-state index is 9.62. The monoisotopic (exact) mass is 349 g/mol. The molecule has 0 amide bonds. The maximum absolute atomic E-state index is 9.62. The fraction of sp³-hybridized carbons (Fsp3) is 0.294. The average Bonchev–Trinajstić information content (AvgIpc) is 2.47. The first-order valence-corrected chi connectivity index (χ1v) is 7.62. The van der Waals surface area contributed by atoms with E-state index in [2.05, 4.69) is 33.0 Å². The summed E-state index contributed by atoms with van der Waals surface area (Å²) in [5.41, 5.74) is 3.21. The number of benzene rings is 2. The predicted octanol–water partition coefficient (Wildman–Crippen LogP) is 4.15. The van der Waals surface area contributed by atoms with Crippen LogP contribution >= 0.6 is 15.9 Å². The first-order chi connectivity index (χ1) is 10.0. The number of rotatable bonds is 5. The SMILES string of the molecule is COc1ccc(CN(C)c2ccc(C(C)O)cc2Br)cc1. The Labute approximate surface area is 134 Å². The molecule has 1 atom stereocenters. The Morgan fingerprint density at radius 1 is 1.19 bits per heavy atom. The van der Waals surface area contributed by atoms with Crippen LogP contribution in [0.2, 0.25) is 0 Å². The summed E-state index contributed by atoms with van der Waals surface area (Å²) in [4.78, 5) is 2.16. The van der Waals surface area contributed by atoms with Crippen molar-refractivity contribution < 1.29 is 9.84 Å². The van der Waals surface area contributed by atoms with Crippen molar-refractivity contribution in [1.29, 1.82) is 0 Å². The summed E-state index contributed by atoms with van der Waals surface area (Å²) >= 11 is 3.58. The molecule has 2 aromatic carbocycles. The van der Waals surface area contributed by atoms with E-state index < -0.39 is 6.10 Å². The molecule has 2 rings (SSSR count). The molecular weight excluding hydrogens is 330 g/mol. The lowest BCUT2D eigenvalue weighted by molar-refractivity contribution is 0.199. The number of hydrogen-bond donors (Lipinski definition) is 1. The van der Waals surface area contributed by atoms with E-state index in [0.717, 1.165) is 28.0 Å². The van der Waals surface area contributed by atoms with Crippen molar-refractivity contribution in [3.05, 3.63) is 58.1 Å². The van der Waals surface area contributed by atoms with Crippen LogP contribution in [-0.4, -0.2) is 19.3 Å². The molecule has 2 aromatic rings. The Hall–Kier alpha value is -1.52. The zero-order valence-corrected chi connectivity index (χ0v) is 14.1. The van der Waals surface area contributed by atoms with Gasteiger partial charge >= 0.3 is 0 Å². The Balaban J connectivity index is 2.13. The lowest BCUT2D eigenvalue weighted by Gasteiger charge is -2.22. The average molecular weight is 350 g/mol. The van der Waals surface area contributed by atoms with Crippen LogP contribution in [0.25, 0.3) is 0 Å². The number of anilines is 1. The third kappa shape index (κ3) is 3.99. The Bertz CT molecular complexity index is 596. The van der Waals surface area contributed by atoms with Gasteiger partial charge in [-0.2, -0.15) is 0 Å². The summed E-state index contributed by atoms with van der Waals surface area (Å²) in [6.07, 6.45) is -0.456. The Morgan fingerprint density at radius 2 is 1.86 bits per heavy atom. The summed E-state index contributed by atoms with van der Waals surface area (Å²) in [6, 6.07) is 14.0. The summed E-state index contributed by atoms with van der Waals surface area (Å²) in [7, 11) is 3.72. The fourth-order valence-corrected chi connectivity index (χ4v) is 2.88. The standard InChI is InChI=1S/C17H20BrNO2/c1-12(20)14-6-9-17(16(18)10-14)19(2)11-13-4-7-15(21-3)8-5-13/h4-10,12,20H,11H2,1-3H3. The van der Waals surface area contributed by atoms with Gasteiger partial charge in [-0.1, -0.05) is 18.2 Å². The fourth-order valence-electron chi connectivity index (χ4n) is 2.18. The van der Waals surface area contributed by atoms with Gasteiger partial charge in [-0.15, -0.1) is 0 Å². The van der Waals surface area contributed by atoms with E-state index in [1.54, 1.807) is 14.0 Å². The van der Waals surface area contributed by atoms with Gasteiger partial charge in [-0.25, -0.2) is 0 Å². The quantitative estimate of drug-likeness (QED) is 0.880. The van der Waals surface area contributed by atoms with Gasteiger partial charge in [0.1, 0.15) is 5.75 Å². The Morgan fingerprint density at radius 3 is 2.38 bits per heavy atom. The first-order valence-electron chi connectivity index (χ1n) is 6.83. The number of hydrogen-bond acceptors (Lipinski definition) is 3. The third-order valence-electron chi connectivity index (χ3n) is 3.44. The molecule has 0 aliphatic rings. The molecular formula is C17H20BrNO2. The van der Waals surface area contributed by atoms with Gasteiger partial charge < -0.3 is 14.7 Å². The van der Waals surface area contributed by atoms with Crippen molar-refractivity contribution in [2.45, 2.75) is 19.6 Å². The molecule has 112 valence electrons. The van der Waals surface area contributed by atoms with Gasteiger partial charge in [0, 0.05) is 18.1 Å². The second kappa shape index (κ2) is 6.96. The molecule has 4 heteroatoms. The number of aliphatic hydroxyl groups is 1. The first kappa shape index (κ1) is 15.9. The minimum atomic E-state index is -0.456. The summed E-state index contributed by atoms with van der Waals surface area (Å²) in [5, 5.41) is 9.62. The summed E-state index contributed by atoms with van der Waals surface area (Å²) in [5.74, 6) is 0.865. The molecule has 0 aliphatic carbocycles. The largest absolute Gasteiger partial charge is 0.497 e. The molecule has 0 aromatic heterocycles. The molecule has 0 radical (unpaired) electrons. The molecule has 3 nitrogen and oxygen atoms in total. The number of aliphatic hydroxyl groups excluding tert-OH is 1. The number of halogens is 1. The van der Waals surface area contributed by atoms with E-state index in [9.17, 15) is 5.11 Å². The molecule has 0 aliphatic heterocycles. The van der Waals surface area contributed by atoms with Gasteiger partial charge in [-0.05, 0) is 58.2 Å². The van der Waals surface area contributed by atoms with Crippen LogP contribution in [0.1, 0.15) is 24.2 Å². The van der Waals surface area contributed by atoms with E-state index in [1.165, 1.54) is 5.56 Å². The minimum Gasteiger partial charge on any atom is -0.497 e. The molecule has 0 spiro atoms. The topological polar surface area (TPSA) is 32.7 Å². The number of ether oxygens (including phenoxy) is 1. The van der Waals surface area contributed by atoms with Crippen LogP contribution in [0.4, 0.5) is 5.69 Å². The molecule has 0 saturated carbocycles. The number of methoxy groups -OCH3 is 1. The highest BCUT2D eigenvalue weighted by Crippen LogP contribution is 2.29. The molecule has 1 unspecified atom stereocenters. The highest BCUT2D eigenvalue weighted by Gasteiger charge is 2.09. The smallest absolute Gasteiger partial charge is 0.118 e. The molecule has 0 saturated heterocycles. The van der Waals surface area contributed by atoms with Crippen LogP contribution in [0.3, 0.4) is 0 Å². The van der Waals surface area contributed by atoms with Gasteiger partial charge in [-0.3, -0.25) is 0 Å². The van der Waals surface area contributed by atoms with Crippen molar-refractivity contribution in [2.24, 2.45) is 0 Å². The molecule has 21 heavy (non-hydrogen) atoms. The van der Waals surface area contributed by atoms with Crippen molar-refractivity contribution in [1.82, 2.24) is 0 Å². The second-order valence-corrected chi connectivity index (χ2v) is 5.95. The predicted molar refractivity (Wildman–Crippen MR) is 89.9 cm³/mol. The highest BCUT2D eigenvalue weighted by atomic mass is 79.9. The normalized spacial score (nSPS) is 12.0. The van der Waals surface area contributed by atoms with Crippen LogP contribution in [-0.2, 0) is 6.54 Å².